The van der Waals surface area contributed by atoms with Crippen molar-refractivity contribution in [2.45, 2.75) is 0 Å². The highest BCUT2D eigenvalue weighted by molar-refractivity contribution is 7.26. The number of anilines is 3. The molecule has 1 heterocycles. The highest BCUT2D eigenvalue weighted by Gasteiger charge is 2.31. The van der Waals surface area contributed by atoms with E-state index in [1.165, 1.54) is 81.5 Å². The van der Waals surface area contributed by atoms with Gasteiger partial charge >= 0.3 is 0 Å². The van der Waals surface area contributed by atoms with Crippen molar-refractivity contribution in [2.75, 3.05) is 4.90 Å². The fraction of sp³-hybridized carbons (Fsp3) is 0. The Balaban J connectivity index is 1.29. The summed E-state index contributed by atoms with van der Waals surface area (Å²) >= 11 is 1.87. The topological polar surface area (TPSA) is 3.24 Å². The van der Waals surface area contributed by atoms with Crippen LogP contribution in [0.15, 0.2) is 152 Å². The summed E-state index contributed by atoms with van der Waals surface area (Å²) in [5.74, 6) is 0. The van der Waals surface area contributed by atoms with Crippen LogP contribution in [0.2, 0.25) is 0 Å². The number of benzene rings is 7. The van der Waals surface area contributed by atoms with Gasteiger partial charge in [-0.2, -0.15) is 0 Å². The number of thiophene rings is 1. The third-order valence-electron chi connectivity index (χ3n) is 9.36. The minimum atomic E-state index is 1.15. The molecule has 1 nitrogen and oxygen atoms in total. The molecule has 2 heteroatoms. The highest BCUT2D eigenvalue weighted by atomic mass is 32.1. The van der Waals surface area contributed by atoms with E-state index in [0.29, 0.717) is 0 Å². The summed E-state index contributed by atoms with van der Waals surface area (Å²) in [4.78, 5) is 2.45. The van der Waals surface area contributed by atoms with E-state index in [2.05, 4.69) is 157 Å². The van der Waals surface area contributed by atoms with Crippen molar-refractivity contribution in [2.24, 2.45) is 0 Å². The molecular weight excluding hydrogens is 551 g/mol. The average Bonchev–Trinajstić information content (AvgIpc) is 3.42. The van der Waals surface area contributed by atoms with Crippen molar-refractivity contribution < 1.29 is 0 Å². The van der Waals surface area contributed by atoms with E-state index in [1.54, 1.807) is 0 Å². The molecule has 0 unspecified atom stereocenters. The minimum Gasteiger partial charge on any atom is -0.310 e. The minimum absolute atomic E-state index is 1.15. The Bertz CT molecular complexity index is 2420. The van der Waals surface area contributed by atoms with Crippen molar-refractivity contribution in [3.8, 4) is 55.6 Å². The normalized spacial score (nSPS) is 12.1. The number of hydrogen-bond donors (Lipinski definition) is 0. The molecule has 0 spiro atoms. The lowest BCUT2D eigenvalue weighted by Gasteiger charge is -2.28. The Kier molecular flexibility index (Phi) is 4.94. The number of rotatable bonds is 3. The van der Waals surface area contributed by atoms with Gasteiger partial charge in [-0.3, -0.25) is 0 Å². The van der Waals surface area contributed by atoms with Crippen LogP contribution in [-0.4, -0.2) is 0 Å². The molecule has 7 aromatic carbocycles. The molecule has 1 aromatic heterocycles. The summed E-state index contributed by atoms with van der Waals surface area (Å²) in [5.41, 5.74) is 16.6. The Morgan fingerprint density at radius 2 is 0.932 bits per heavy atom. The molecule has 0 amide bonds. The summed E-state index contributed by atoms with van der Waals surface area (Å²) in [6.07, 6.45) is 0. The van der Waals surface area contributed by atoms with Crippen LogP contribution in [0.25, 0.3) is 75.8 Å². The van der Waals surface area contributed by atoms with Gasteiger partial charge in [0.2, 0.25) is 0 Å². The molecule has 0 atom stereocenters. The summed E-state index contributed by atoms with van der Waals surface area (Å²) in [6.45, 7) is 0. The van der Waals surface area contributed by atoms with Crippen LogP contribution in [0.5, 0.6) is 0 Å². The van der Waals surface area contributed by atoms with E-state index < -0.39 is 0 Å². The molecule has 0 saturated heterocycles. The molecule has 204 valence electrons. The molecule has 10 rings (SSSR count). The summed E-state index contributed by atoms with van der Waals surface area (Å²) in [7, 11) is 0. The molecule has 2 aliphatic carbocycles. The molecule has 0 N–H and O–H groups in total. The molecule has 6 bridgehead atoms. The van der Waals surface area contributed by atoms with Crippen molar-refractivity contribution in [3.05, 3.63) is 152 Å². The predicted octanol–water partition coefficient (Wildman–Crippen LogP) is 12.5. The maximum absolute atomic E-state index is 2.45. The van der Waals surface area contributed by atoms with Crippen molar-refractivity contribution in [1.82, 2.24) is 0 Å². The lowest BCUT2D eigenvalue weighted by Crippen LogP contribution is -2.10. The lowest BCUT2D eigenvalue weighted by molar-refractivity contribution is 1.30. The standard InChI is InChI=1S/C42H25NS/c1-2-11-26(12-3-1)43(37-20-10-22-39-42(37)35-15-6-7-21-38(35)44-39)27-23-24-34-36(25-27)33-19-9-18-31-32-17-8-16-30(41(32)34)28-13-4-5-14-29(28)40(31)33/h1-25H. The monoisotopic (exact) mass is 575 g/mol. The van der Waals surface area contributed by atoms with Gasteiger partial charge in [0.25, 0.3) is 0 Å². The van der Waals surface area contributed by atoms with E-state index in [0.717, 1.165) is 11.4 Å². The maximum Gasteiger partial charge on any atom is 0.0554 e. The van der Waals surface area contributed by atoms with Gasteiger partial charge in [0, 0.05) is 31.5 Å². The smallest absolute Gasteiger partial charge is 0.0554 e. The lowest BCUT2D eigenvalue weighted by atomic mass is 9.83. The van der Waals surface area contributed by atoms with Gasteiger partial charge in [-0.05, 0) is 98.1 Å². The van der Waals surface area contributed by atoms with E-state index in [1.807, 2.05) is 11.3 Å². The predicted molar refractivity (Wildman–Crippen MR) is 188 cm³/mol. The first-order chi connectivity index (χ1) is 21.8. The van der Waals surface area contributed by atoms with E-state index >= 15 is 0 Å². The number of nitrogens with zero attached hydrogens (tertiary/aromatic N) is 1. The first-order valence-electron chi connectivity index (χ1n) is 15.1. The number of hydrogen-bond acceptors (Lipinski definition) is 2. The Labute approximate surface area is 259 Å². The van der Waals surface area contributed by atoms with E-state index in [9.17, 15) is 0 Å². The molecule has 44 heavy (non-hydrogen) atoms. The van der Waals surface area contributed by atoms with Gasteiger partial charge < -0.3 is 4.90 Å². The number of para-hydroxylation sites is 1. The second-order valence-corrected chi connectivity index (χ2v) is 12.7. The molecule has 8 aromatic rings. The fourth-order valence-corrected chi connectivity index (χ4v) is 8.70. The van der Waals surface area contributed by atoms with Crippen LogP contribution in [0, 0.1) is 0 Å². The Hall–Kier alpha value is -5.44. The molecule has 0 fully saturated rings. The molecule has 0 saturated carbocycles. The largest absolute Gasteiger partial charge is 0.310 e. The SMILES string of the molecule is c1ccc(N(c2ccc3c(c2)-c2cccc4c2-c2ccccc2-c2cccc-4c2-3)c2cccc3sc4ccccc4c23)cc1. The molecule has 0 radical (unpaired) electrons. The van der Waals surface area contributed by atoms with Crippen LogP contribution in [0.3, 0.4) is 0 Å². The van der Waals surface area contributed by atoms with Crippen LogP contribution < -0.4 is 4.90 Å². The van der Waals surface area contributed by atoms with Gasteiger partial charge in [-0.25, -0.2) is 0 Å². The summed E-state index contributed by atoms with van der Waals surface area (Å²) in [6, 6.07) is 56.0. The highest BCUT2D eigenvalue weighted by Crippen LogP contribution is 2.58. The quantitative estimate of drug-likeness (QED) is 0.202. The molecular formula is C42H25NS. The average molecular weight is 576 g/mol. The van der Waals surface area contributed by atoms with Crippen LogP contribution >= 0.6 is 11.3 Å². The third-order valence-corrected chi connectivity index (χ3v) is 10.5. The zero-order chi connectivity index (χ0) is 28.8. The van der Waals surface area contributed by atoms with Crippen molar-refractivity contribution in [3.63, 3.8) is 0 Å². The van der Waals surface area contributed by atoms with Gasteiger partial charge in [-0.15, -0.1) is 11.3 Å². The Morgan fingerprint density at radius 3 is 1.73 bits per heavy atom. The van der Waals surface area contributed by atoms with Crippen LogP contribution in [-0.2, 0) is 0 Å². The Morgan fingerprint density at radius 1 is 0.364 bits per heavy atom. The maximum atomic E-state index is 2.45. The van der Waals surface area contributed by atoms with Gasteiger partial charge in [0.05, 0.1) is 5.69 Å². The second kappa shape index (κ2) is 9.03. The first kappa shape index (κ1) is 24.0. The van der Waals surface area contributed by atoms with Crippen molar-refractivity contribution >= 4 is 48.6 Å². The first-order valence-corrected chi connectivity index (χ1v) is 15.9. The zero-order valence-electron chi connectivity index (χ0n) is 23.8. The number of fused-ring (bicyclic) bond motifs is 7. The van der Waals surface area contributed by atoms with Crippen LogP contribution in [0.1, 0.15) is 0 Å². The fourth-order valence-electron chi connectivity index (χ4n) is 7.58. The third kappa shape index (κ3) is 3.23. The molecule has 0 aliphatic heterocycles. The van der Waals surface area contributed by atoms with E-state index in [-0.39, 0.29) is 0 Å². The van der Waals surface area contributed by atoms with Gasteiger partial charge in [0.1, 0.15) is 0 Å². The summed E-state index contributed by atoms with van der Waals surface area (Å²) < 4.78 is 2.62. The molecule has 2 aliphatic rings. The van der Waals surface area contributed by atoms with Crippen LogP contribution in [0.4, 0.5) is 17.1 Å². The zero-order valence-corrected chi connectivity index (χ0v) is 24.6. The van der Waals surface area contributed by atoms with Gasteiger partial charge in [-0.1, -0.05) is 109 Å². The summed E-state index contributed by atoms with van der Waals surface area (Å²) in [5, 5.41) is 2.61. The second-order valence-electron chi connectivity index (χ2n) is 11.7. The van der Waals surface area contributed by atoms with E-state index in [4.69, 9.17) is 0 Å². The van der Waals surface area contributed by atoms with Gasteiger partial charge in [0.15, 0.2) is 0 Å². The van der Waals surface area contributed by atoms with Crippen molar-refractivity contribution in [1.29, 1.82) is 0 Å².